The Morgan fingerprint density at radius 1 is 1.50 bits per heavy atom. The lowest BCUT2D eigenvalue weighted by molar-refractivity contribution is -0.131. The molecule has 1 amide bonds. The first kappa shape index (κ1) is 13.9. The van der Waals surface area contributed by atoms with Crippen molar-refractivity contribution in [1.82, 2.24) is 15.5 Å². The summed E-state index contributed by atoms with van der Waals surface area (Å²) in [5.74, 6) is -0.464. The third kappa shape index (κ3) is 3.75. The lowest BCUT2D eigenvalue weighted by Gasteiger charge is -1.98. The van der Waals surface area contributed by atoms with Crippen LogP contribution in [-0.2, 0) is 11.3 Å². The summed E-state index contributed by atoms with van der Waals surface area (Å²) >= 11 is 1.20. The number of aromatic nitrogens is 2. The van der Waals surface area contributed by atoms with Crippen LogP contribution in [0.25, 0.3) is 6.08 Å². The average molecular weight is 293 g/mol. The molecule has 0 fully saturated rings. The van der Waals surface area contributed by atoms with Crippen LogP contribution in [0.5, 0.6) is 0 Å². The number of aliphatic carboxylic acids is 1. The minimum atomic E-state index is -1.03. The van der Waals surface area contributed by atoms with Gasteiger partial charge in [0.25, 0.3) is 5.91 Å². The fraction of sp³-hybridized carbons (Fsp3) is 0.167. The Morgan fingerprint density at radius 3 is 2.95 bits per heavy atom. The Hall–Kier alpha value is -2.48. The topological polar surface area (TPSA) is 105 Å². The average Bonchev–Trinajstić information content (AvgIpc) is 3.02. The molecular weight excluding hydrogens is 282 g/mol. The number of carbonyl (C=O) groups excluding carboxylic acids is 1. The lowest BCUT2D eigenvalue weighted by Crippen LogP contribution is -2.22. The Morgan fingerprint density at radius 2 is 2.30 bits per heavy atom. The smallest absolute Gasteiger partial charge is 0.328 e. The van der Waals surface area contributed by atoms with Crippen LogP contribution in [0.4, 0.5) is 0 Å². The van der Waals surface area contributed by atoms with Gasteiger partial charge in [-0.1, -0.05) is 5.16 Å². The molecule has 8 heteroatoms. The van der Waals surface area contributed by atoms with E-state index in [0.717, 1.165) is 6.08 Å². The maximum absolute atomic E-state index is 11.8. The first-order valence-corrected chi connectivity index (χ1v) is 6.44. The van der Waals surface area contributed by atoms with E-state index in [9.17, 15) is 9.59 Å². The highest BCUT2D eigenvalue weighted by Crippen LogP contribution is 2.17. The summed E-state index contributed by atoms with van der Waals surface area (Å²) in [7, 11) is 0. The Balaban J connectivity index is 1.94. The van der Waals surface area contributed by atoms with E-state index < -0.39 is 5.97 Å². The third-order valence-electron chi connectivity index (χ3n) is 2.22. The van der Waals surface area contributed by atoms with Gasteiger partial charge >= 0.3 is 5.97 Å². The molecule has 0 aliphatic carbocycles. The normalized spacial score (nSPS) is 10.8. The predicted molar refractivity (Wildman–Crippen MR) is 71.2 cm³/mol. The molecule has 0 aliphatic rings. The zero-order valence-electron chi connectivity index (χ0n) is 10.5. The molecule has 0 spiro atoms. The second-order valence-electron chi connectivity index (χ2n) is 3.79. The predicted octanol–water partition coefficient (Wildman–Crippen LogP) is 1.47. The quantitative estimate of drug-likeness (QED) is 0.809. The minimum Gasteiger partial charge on any atom is -0.478 e. The van der Waals surface area contributed by atoms with Crippen LogP contribution < -0.4 is 5.32 Å². The van der Waals surface area contributed by atoms with Gasteiger partial charge in [-0.25, -0.2) is 4.79 Å². The third-order valence-corrected chi connectivity index (χ3v) is 3.27. The van der Waals surface area contributed by atoms with Crippen molar-refractivity contribution in [2.45, 2.75) is 13.5 Å². The Labute approximate surface area is 117 Å². The standard InChI is InChI=1S/C12H11N3O4S/c1-7-14-10(15-19-7)6-13-12(18)9-4-2-8(20-9)3-5-11(16)17/h2-5H,6H2,1H3,(H,13,18)(H,16,17)/b5-3+. The molecule has 0 radical (unpaired) electrons. The number of hydrogen-bond donors (Lipinski definition) is 2. The highest BCUT2D eigenvalue weighted by molar-refractivity contribution is 7.14. The van der Waals surface area contributed by atoms with Gasteiger partial charge in [-0.2, -0.15) is 4.98 Å². The number of aryl methyl sites for hydroxylation is 1. The van der Waals surface area contributed by atoms with Gasteiger partial charge in [0.2, 0.25) is 5.89 Å². The maximum Gasteiger partial charge on any atom is 0.328 e. The molecule has 104 valence electrons. The maximum atomic E-state index is 11.8. The molecule has 0 aliphatic heterocycles. The number of rotatable bonds is 5. The van der Waals surface area contributed by atoms with E-state index in [-0.39, 0.29) is 12.5 Å². The van der Waals surface area contributed by atoms with Gasteiger partial charge in [0.15, 0.2) is 5.82 Å². The largest absolute Gasteiger partial charge is 0.478 e. The molecule has 2 aromatic heterocycles. The van der Waals surface area contributed by atoms with Crippen LogP contribution >= 0.6 is 11.3 Å². The van der Waals surface area contributed by atoms with Crippen LogP contribution in [0.2, 0.25) is 0 Å². The van der Waals surface area contributed by atoms with Crippen molar-refractivity contribution in [3.63, 3.8) is 0 Å². The van der Waals surface area contributed by atoms with E-state index in [1.54, 1.807) is 19.1 Å². The zero-order chi connectivity index (χ0) is 14.5. The second kappa shape index (κ2) is 6.11. The summed E-state index contributed by atoms with van der Waals surface area (Å²) in [6.07, 6.45) is 2.46. The number of carboxylic acid groups (broad SMARTS) is 1. The molecule has 7 nitrogen and oxygen atoms in total. The molecule has 0 saturated carbocycles. The number of nitrogens with one attached hydrogen (secondary N) is 1. The molecule has 0 aromatic carbocycles. The van der Waals surface area contributed by atoms with E-state index in [0.29, 0.717) is 21.5 Å². The molecule has 2 aromatic rings. The van der Waals surface area contributed by atoms with Crippen molar-refractivity contribution >= 4 is 29.3 Å². The fourth-order valence-corrected chi connectivity index (χ4v) is 2.20. The summed E-state index contributed by atoms with van der Waals surface area (Å²) < 4.78 is 4.79. The molecule has 2 heterocycles. The minimum absolute atomic E-state index is 0.175. The van der Waals surface area contributed by atoms with Gasteiger partial charge in [-0.05, 0) is 18.2 Å². The summed E-state index contributed by atoms with van der Waals surface area (Å²) in [4.78, 5) is 27.4. The molecular formula is C12H11N3O4S. The summed E-state index contributed by atoms with van der Waals surface area (Å²) in [5, 5.41) is 14.8. The lowest BCUT2D eigenvalue weighted by atomic mass is 10.4. The van der Waals surface area contributed by atoms with Gasteiger partial charge in [-0.3, -0.25) is 4.79 Å². The van der Waals surface area contributed by atoms with Crippen LogP contribution in [-0.4, -0.2) is 27.1 Å². The SMILES string of the molecule is Cc1nc(CNC(=O)c2ccc(/C=C/C(=O)O)s2)no1. The van der Waals surface area contributed by atoms with Crippen LogP contribution in [0, 0.1) is 6.92 Å². The number of carboxylic acids is 1. The van der Waals surface area contributed by atoms with E-state index in [1.807, 2.05) is 0 Å². The number of nitrogens with zero attached hydrogens (tertiary/aromatic N) is 2. The molecule has 0 bridgehead atoms. The van der Waals surface area contributed by atoms with Crippen molar-refractivity contribution in [3.8, 4) is 0 Å². The number of thiophene rings is 1. The van der Waals surface area contributed by atoms with Crippen LogP contribution in [0.15, 0.2) is 22.7 Å². The molecule has 2 rings (SSSR count). The molecule has 20 heavy (non-hydrogen) atoms. The summed E-state index contributed by atoms with van der Waals surface area (Å²) in [6.45, 7) is 1.84. The summed E-state index contributed by atoms with van der Waals surface area (Å²) in [5.41, 5.74) is 0. The van der Waals surface area contributed by atoms with Crippen LogP contribution in [0.3, 0.4) is 0 Å². The van der Waals surface area contributed by atoms with Gasteiger partial charge in [-0.15, -0.1) is 11.3 Å². The van der Waals surface area contributed by atoms with Crippen molar-refractivity contribution in [3.05, 3.63) is 39.7 Å². The van der Waals surface area contributed by atoms with Crippen LogP contribution in [0.1, 0.15) is 26.3 Å². The van der Waals surface area contributed by atoms with Crippen molar-refractivity contribution in [2.24, 2.45) is 0 Å². The number of amides is 1. The Kier molecular flexibility index (Phi) is 4.26. The Bertz CT molecular complexity index is 659. The van der Waals surface area contributed by atoms with E-state index in [4.69, 9.17) is 9.63 Å². The molecule has 0 unspecified atom stereocenters. The first-order valence-electron chi connectivity index (χ1n) is 5.63. The van der Waals surface area contributed by atoms with Gasteiger partial charge < -0.3 is 14.9 Å². The summed E-state index contributed by atoms with van der Waals surface area (Å²) in [6, 6.07) is 3.31. The zero-order valence-corrected chi connectivity index (χ0v) is 11.3. The highest BCUT2D eigenvalue weighted by Gasteiger charge is 2.10. The number of hydrogen-bond acceptors (Lipinski definition) is 6. The molecule has 0 saturated heterocycles. The van der Waals surface area contributed by atoms with Crippen molar-refractivity contribution < 1.29 is 19.2 Å². The second-order valence-corrected chi connectivity index (χ2v) is 4.90. The fourth-order valence-electron chi connectivity index (χ4n) is 1.38. The van der Waals surface area contributed by atoms with Gasteiger partial charge in [0, 0.05) is 17.9 Å². The number of carbonyl (C=O) groups is 2. The molecule has 2 N–H and O–H groups in total. The van der Waals surface area contributed by atoms with Gasteiger partial charge in [0.05, 0.1) is 11.4 Å². The van der Waals surface area contributed by atoms with E-state index in [2.05, 4.69) is 15.5 Å². The van der Waals surface area contributed by atoms with E-state index >= 15 is 0 Å². The highest BCUT2D eigenvalue weighted by atomic mass is 32.1. The van der Waals surface area contributed by atoms with E-state index in [1.165, 1.54) is 17.4 Å². The van der Waals surface area contributed by atoms with Crippen molar-refractivity contribution in [1.29, 1.82) is 0 Å². The molecule has 0 atom stereocenters. The van der Waals surface area contributed by atoms with Crippen molar-refractivity contribution in [2.75, 3.05) is 0 Å². The first-order chi connectivity index (χ1) is 9.54. The monoisotopic (exact) mass is 293 g/mol. The van der Waals surface area contributed by atoms with Gasteiger partial charge in [0.1, 0.15) is 0 Å².